The van der Waals surface area contributed by atoms with Crippen molar-refractivity contribution in [1.82, 2.24) is 4.98 Å². The number of benzene rings is 1. The first-order valence-corrected chi connectivity index (χ1v) is 5.61. The molecule has 3 heteroatoms. The lowest BCUT2D eigenvalue weighted by molar-refractivity contribution is 0.415. The summed E-state index contributed by atoms with van der Waals surface area (Å²) >= 11 is 0. The van der Waals surface area contributed by atoms with Crippen LogP contribution in [0.2, 0.25) is 0 Å². The lowest BCUT2D eigenvalue weighted by Crippen LogP contribution is -2.01. The molecule has 1 heterocycles. The highest BCUT2D eigenvalue weighted by Gasteiger charge is 2.07. The third-order valence-electron chi connectivity index (χ3n) is 3.00. The van der Waals surface area contributed by atoms with E-state index in [1.54, 1.807) is 7.11 Å². The summed E-state index contributed by atoms with van der Waals surface area (Å²) in [6.07, 6.45) is 2.03. The predicted molar refractivity (Wildman–Crippen MR) is 67.0 cm³/mol. The standard InChI is InChI=1S/C13H18N2O/c1-9-11-8-10(16-2)5-6-13(11)15-12(9)4-3-7-14/h5-6,8,15H,3-4,7,14H2,1-2H3. The van der Waals surface area contributed by atoms with Gasteiger partial charge in [0, 0.05) is 16.6 Å². The molecule has 0 bridgehead atoms. The second-order valence-corrected chi connectivity index (χ2v) is 4.03. The number of rotatable bonds is 4. The zero-order valence-electron chi connectivity index (χ0n) is 9.84. The molecular formula is C13H18N2O. The zero-order chi connectivity index (χ0) is 11.5. The van der Waals surface area contributed by atoms with Crippen LogP contribution in [0.25, 0.3) is 10.9 Å². The number of nitrogens with two attached hydrogens (primary N) is 1. The van der Waals surface area contributed by atoms with Gasteiger partial charge in [0.05, 0.1) is 7.11 Å². The van der Waals surface area contributed by atoms with Crippen LogP contribution >= 0.6 is 0 Å². The van der Waals surface area contributed by atoms with Gasteiger partial charge in [-0.15, -0.1) is 0 Å². The minimum Gasteiger partial charge on any atom is -0.497 e. The molecule has 0 radical (unpaired) electrons. The molecule has 0 spiro atoms. The van der Waals surface area contributed by atoms with Crippen LogP contribution in [-0.2, 0) is 6.42 Å². The van der Waals surface area contributed by atoms with Gasteiger partial charge < -0.3 is 15.5 Å². The largest absolute Gasteiger partial charge is 0.497 e. The molecule has 0 amide bonds. The van der Waals surface area contributed by atoms with E-state index in [-0.39, 0.29) is 0 Å². The molecule has 0 atom stereocenters. The van der Waals surface area contributed by atoms with Crippen LogP contribution in [0.5, 0.6) is 5.75 Å². The second kappa shape index (κ2) is 4.58. The summed E-state index contributed by atoms with van der Waals surface area (Å²) in [4.78, 5) is 3.44. The summed E-state index contributed by atoms with van der Waals surface area (Å²) in [7, 11) is 1.69. The van der Waals surface area contributed by atoms with E-state index in [4.69, 9.17) is 10.5 Å². The van der Waals surface area contributed by atoms with Crippen LogP contribution in [0.15, 0.2) is 18.2 Å². The minimum absolute atomic E-state index is 0.734. The van der Waals surface area contributed by atoms with Gasteiger partial charge in [-0.25, -0.2) is 0 Å². The Balaban J connectivity index is 2.42. The molecule has 2 aromatic rings. The van der Waals surface area contributed by atoms with E-state index in [1.807, 2.05) is 6.07 Å². The van der Waals surface area contributed by atoms with E-state index in [2.05, 4.69) is 24.0 Å². The Morgan fingerprint density at radius 2 is 2.19 bits per heavy atom. The van der Waals surface area contributed by atoms with E-state index in [0.29, 0.717) is 0 Å². The normalized spacial score (nSPS) is 10.9. The average Bonchev–Trinajstić information content (AvgIpc) is 2.63. The maximum atomic E-state index is 5.53. The van der Waals surface area contributed by atoms with Gasteiger partial charge in [0.2, 0.25) is 0 Å². The summed E-state index contributed by atoms with van der Waals surface area (Å²) in [5.41, 5.74) is 9.30. The van der Waals surface area contributed by atoms with Crippen molar-refractivity contribution < 1.29 is 4.74 Å². The Hall–Kier alpha value is -1.48. The molecule has 2 rings (SSSR count). The fraction of sp³-hybridized carbons (Fsp3) is 0.385. The SMILES string of the molecule is COc1ccc2[nH]c(CCCN)c(C)c2c1. The highest BCUT2D eigenvalue weighted by molar-refractivity contribution is 5.85. The molecule has 1 aromatic carbocycles. The molecular weight excluding hydrogens is 200 g/mol. The van der Waals surface area contributed by atoms with Crippen molar-refractivity contribution in [3.63, 3.8) is 0 Å². The van der Waals surface area contributed by atoms with Gasteiger partial charge in [0.1, 0.15) is 5.75 Å². The van der Waals surface area contributed by atoms with Crippen LogP contribution in [0.1, 0.15) is 17.7 Å². The van der Waals surface area contributed by atoms with Crippen molar-refractivity contribution in [2.75, 3.05) is 13.7 Å². The molecule has 3 N–H and O–H groups in total. The van der Waals surface area contributed by atoms with Gasteiger partial charge in [-0.05, 0) is 50.1 Å². The van der Waals surface area contributed by atoms with Gasteiger partial charge in [-0.1, -0.05) is 0 Å². The Labute approximate surface area is 95.6 Å². The van der Waals surface area contributed by atoms with Crippen LogP contribution < -0.4 is 10.5 Å². The summed E-state index contributed by atoms with van der Waals surface area (Å²) in [6.45, 7) is 2.88. The fourth-order valence-corrected chi connectivity index (χ4v) is 2.02. The second-order valence-electron chi connectivity index (χ2n) is 4.03. The number of hydrogen-bond donors (Lipinski definition) is 2. The van der Waals surface area contributed by atoms with E-state index in [1.165, 1.54) is 22.2 Å². The van der Waals surface area contributed by atoms with E-state index < -0.39 is 0 Å². The number of hydrogen-bond acceptors (Lipinski definition) is 2. The van der Waals surface area contributed by atoms with Crippen molar-refractivity contribution >= 4 is 10.9 Å². The average molecular weight is 218 g/mol. The molecule has 3 nitrogen and oxygen atoms in total. The number of fused-ring (bicyclic) bond motifs is 1. The molecule has 0 aliphatic rings. The van der Waals surface area contributed by atoms with E-state index in [0.717, 1.165) is 25.1 Å². The van der Waals surface area contributed by atoms with E-state index >= 15 is 0 Å². The number of aromatic amines is 1. The Bertz CT molecular complexity index is 488. The first-order chi connectivity index (χ1) is 7.76. The van der Waals surface area contributed by atoms with Crippen molar-refractivity contribution in [1.29, 1.82) is 0 Å². The molecule has 1 aromatic heterocycles. The maximum absolute atomic E-state index is 5.53. The third-order valence-corrected chi connectivity index (χ3v) is 3.00. The number of aryl methyl sites for hydroxylation is 2. The lowest BCUT2D eigenvalue weighted by Gasteiger charge is -1.99. The van der Waals surface area contributed by atoms with Crippen molar-refractivity contribution in [3.05, 3.63) is 29.5 Å². The Kier molecular flexibility index (Phi) is 3.15. The zero-order valence-corrected chi connectivity index (χ0v) is 9.84. The molecule has 86 valence electrons. The number of H-pyrrole nitrogens is 1. The summed E-state index contributed by atoms with van der Waals surface area (Å²) < 4.78 is 5.23. The molecule has 0 saturated heterocycles. The number of nitrogens with one attached hydrogen (secondary N) is 1. The third kappa shape index (κ3) is 1.91. The molecule has 16 heavy (non-hydrogen) atoms. The monoisotopic (exact) mass is 218 g/mol. The first kappa shape index (κ1) is 11.0. The van der Waals surface area contributed by atoms with Crippen molar-refractivity contribution in [3.8, 4) is 5.75 Å². The highest BCUT2D eigenvalue weighted by Crippen LogP contribution is 2.26. The molecule has 0 aliphatic carbocycles. The summed E-state index contributed by atoms with van der Waals surface area (Å²) in [6, 6.07) is 6.12. The quantitative estimate of drug-likeness (QED) is 0.827. The molecule has 0 aliphatic heterocycles. The molecule has 0 fully saturated rings. The Morgan fingerprint density at radius 3 is 2.88 bits per heavy atom. The summed E-state index contributed by atoms with van der Waals surface area (Å²) in [5.74, 6) is 0.903. The van der Waals surface area contributed by atoms with Gasteiger partial charge in [0.15, 0.2) is 0 Å². The molecule has 0 saturated carbocycles. The topological polar surface area (TPSA) is 51.0 Å². The summed E-state index contributed by atoms with van der Waals surface area (Å²) in [5, 5.41) is 1.24. The smallest absolute Gasteiger partial charge is 0.119 e. The number of aromatic nitrogens is 1. The fourth-order valence-electron chi connectivity index (χ4n) is 2.02. The molecule has 0 unspecified atom stereocenters. The van der Waals surface area contributed by atoms with Crippen molar-refractivity contribution in [2.24, 2.45) is 5.73 Å². The van der Waals surface area contributed by atoms with Gasteiger partial charge in [-0.3, -0.25) is 0 Å². The van der Waals surface area contributed by atoms with Gasteiger partial charge in [0.25, 0.3) is 0 Å². The highest BCUT2D eigenvalue weighted by atomic mass is 16.5. The number of ether oxygens (including phenoxy) is 1. The first-order valence-electron chi connectivity index (χ1n) is 5.61. The van der Waals surface area contributed by atoms with Crippen LogP contribution in [0.4, 0.5) is 0 Å². The maximum Gasteiger partial charge on any atom is 0.119 e. The Morgan fingerprint density at radius 1 is 1.38 bits per heavy atom. The minimum atomic E-state index is 0.734. The van der Waals surface area contributed by atoms with Crippen LogP contribution in [-0.4, -0.2) is 18.6 Å². The van der Waals surface area contributed by atoms with Gasteiger partial charge in [-0.2, -0.15) is 0 Å². The van der Waals surface area contributed by atoms with Crippen LogP contribution in [0.3, 0.4) is 0 Å². The predicted octanol–water partition coefficient (Wildman–Crippen LogP) is 2.38. The van der Waals surface area contributed by atoms with E-state index in [9.17, 15) is 0 Å². The van der Waals surface area contributed by atoms with Gasteiger partial charge >= 0.3 is 0 Å². The lowest BCUT2D eigenvalue weighted by atomic mass is 10.1. The van der Waals surface area contributed by atoms with Crippen LogP contribution in [0, 0.1) is 6.92 Å². The number of methoxy groups -OCH3 is 1. The van der Waals surface area contributed by atoms with Crippen molar-refractivity contribution in [2.45, 2.75) is 19.8 Å².